The van der Waals surface area contributed by atoms with E-state index >= 15 is 0 Å². The van der Waals surface area contributed by atoms with Gasteiger partial charge < -0.3 is 14.4 Å². The molecule has 1 N–H and O–H groups in total. The molecule has 1 aliphatic rings. The maximum Gasteiger partial charge on any atom is 0.420 e. The van der Waals surface area contributed by atoms with Crippen LogP contribution in [0.15, 0.2) is 22.6 Å². The third kappa shape index (κ3) is 3.96. The first-order chi connectivity index (χ1) is 13.2. The molecular formula is C16H16F3N5O4. The highest BCUT2D eigenvalue weighted by Crippen LogP contribution is 2.41. The second-order valence-corrected chi connectivity index (χ2v) is 6.20. The minimum absolute atomic E-state index is 0.189. The van der Waals surface area contributed by atoms with Gasteiger partial charge in [-0.1, -0.05) is 12.2 Å². The number of aliphatic hydroxyl groups excluding tert-OH is 1. The number of anilines is 1. The fourth-order valence-corrected chi connectivity index (χ4v) is 2.74. The SMILES string of the molecule is CN1CCC=CCCC(O)c2nnc(o2)-c2nc1c(C(F)(F)F)cc2[N+](=O)[O-]. The van der Waals surface area contributed by atoms with E-state index in [0.29, 0.717) is 18.9 Å². The Morgan fingerprint density at radius 1 is 1.32 bits per heavy atom. The van der Waals surface area contributed by atoms with E-state index in [4.69, 9.17) is 4.42 Å². The van der Waals surface area contributed by atoms with Crippen LogP contribution in [0.3, 0.4) is 0 Å². The van der Waals surface area contributed by atoms with Crippen molar-refractivity contribution < 1.29 is 27.6 Å². The smallest absolute Gasteiger partial charge is 0.416 e. The van der Waals surface area contributed by atoms with Crippen LogP contribution in [-0.2, 0) is 6.18 Å². The number of halogens is 3. The topological polar surface area (TPSA) is 118 Å². The minimum Gasteiger partial charge on any atom is -0.416 e. The van der Waals surface area contributed by atoms with Crippen molar-refractivity contribution >= 4 is 11.5 Å². The molecule has 0 aliphatic carbocycles. The van der Waals surface area contributed by atoms with Crippen molar-refractivity contribution in [3.05, 3.63) is 39.8 Å². The van der Waals surface area contributed by atoms with Gasteiger partial charge in [-0.3, -0.25) is 10.1 Å². The molecule has 3 heterocycles. The summed E-state index contributed by atoms with van der Waals surface area (Å²) in [7, 11) is 1.41. The Labute approximate surface area is 156 Å². The van der Waals surface area contributed by atoms with Gasteiger partial charge in [0.2, 0.25) is 11.6 Å². The second-order valence-electron chi connectivity index (χ2n) is 6.20. The molecule has 28 heavy (non-hydrogen) atoms. The molecule has 0 saturated heterocycles. The minimum atomic E-state index is -4.85. The third-order valence-corrected chi connectivity index (χ3v) is 4.18. The first-order valence-corrected chi connectivity index (χ1v) is 8.33. The van der Waals surface area contributed by atoms with Crippen LogP contribution in [0.25, 0.3) is 11.6 Å². The van der Waals surface area contributed by atoms with E-state index in [0.717, 1.165) is 0 Å². The molecule has 4 bridgehead atoms. The lowest BCUT2D eigenvalue weighted by molar-refractivity contribution is -0.384. The zero-order valence-electron chi connectivity index (χ0n) is 14.7. The Balaban J connectivity index is 2.24. The monoisotopic (exact) mass is 399 g/mol. The summed E-state index contributed by atoms with van der Waals surface area (Å²) >= 11 is 0. The largest absolute Gasteiger partial charge is 0.420 e. The highest BCUT2D eigenvalue weighted by atomic mass is 19.4. The number of allylic oxidation sites excluding steroid dienone is 1. The maximum atomic E-state index is 13.5. The summed E-state index contributed by atoms with van der Waals surface area (Å²) in [4.78, 5) is 15.5. The zero-order valence-corrected chi connectivity index (χ0v) is 14.7. The molecule has 2 aromatic rings. The normalized spacial score (nSPS) is 18.0. The van der Waals surface area contributed by atoms with Crippen molar-refractivity contribution in [2.24, 2.45) is 0 Å². The number of nitrogens with zero attached hydrogens (tertiary/aromatic N) is 5. The van der Waals surface area contributed by atoms with E-state index in [1.807, 2.05) is 0 Å². The number of hydrogen-bond acceptors (Lipinski definition) is 8. The lowest BCUT2D eigenvalue weighted by Gasteiger charge is -2.22. The first kappa shape index (κ1) is 19.7. The number of fused-ring (bicyclic) bond motifs is 5. The van der Waals surface area contributed by atoms with Gasteiger partial charge in [0.05, 0.1) is 4.92 Å². The van der Waals surface area contributed by atoms with Crippen molar-refractivity contribution in [1.29, 1.82) is 0 Å². The molecule has 12 heteroatoms. The molecule has 3 rings (SSSR count). The van der Waals surface area contributed by atoms with Gasteiger partial charge in [0.1, 0.15) is 17.5 Å². The number of aliphatic hydroxyl groups is 1. The van der Waals surface area contributed by atoms with Crippen LogP contribution in [-0.4, -0.2) is 38.8 Å². The van der Waals surface area contributed by atoms with E-state index in [-0.39, 0.29) is 18.9 Å². The summed E-state index contributed by atoms with van der Waals surface area (Å²) in [6.45, 7) is 0.196. The molecule has 0 saturated carbocycles. The van der Waals surface area contributed by atoms with Crippen LogP contribution < -0.4 is 4.90 Å². The predicted octanol–water partition coefficient (Wildman–Crippen LogP) is 3.27. The van der Waals surface area contributed by atoms with Crippen molar-refractivity contribution in [3.8, 4) is 11.6 Å². The van der Waals surface area contributed by atoms with Gasteiger partial charge in [0.15, 0.2) is 0 Å². The van der Waals surface area contributed by atoms with Crippen molar-refractivity contribution in [2.75, 3.05) is 18.5 Å². The average Bonchev–Trinajstić information content (AvgIpc) is 3.11. The van der Waals surface area contributed by atoms with Crippen LogP contribution in [0.4, 0.5) is 24.7 Å². The molecular weight excluding hydrogens is 383 g/mol. The molecule has 0 amide bonds. The summed E-state index contributed by atoms with van der Waals surface area (Å²) in [5.74, 6) is -1.11. The lowest BCUT2D eigenvalue weighted by Crippen LogP contribution is -2.24. The van der Waals surface area contributed by atoms with Crippen molar-refractivity contribution in [1.82, 2.24) is 15.2 Å². The van der Waals surface area contributed by atoms with E-state index in [2.05, 4.69) is 15.2 Å². The highest BCUT2D eigenvalue weighted by Gasteiger charge is 2.39. The van der Waals surface area contributed by atoms with E-state index in [9.17, 15) is 28.4 Å². The van der Waals surface area contributed by atoms with Crippen molar-refractivity contribution in [3.63, 3.8) is 0 Å². The van der Waals surface area contributed by atoms with Gasteiger partial charge >= 0.3 is 11.9 Å². The second kappa shape index (κ2) is 7.54. The van der Waals surface area contributed by atoms with E-state index < -0.39 is 45.9 Å². The Kier molecular flexibility index (Phi) is 5.31. The number of hydrogen-bond donors (Lipinski definition) is 1. The van der Waals surface area contributed by atoms with Crippen LogP contribution in [0.1, 0.15) is 36.8 Å². The Morgan fingerprint density at radius 2 is 2.04 bits per heavy atom. The van der Waals surface area contributed by atoms with Gasteiger partial charge in [0.25, 0.3) is 5.89 Å². The van der Waals surface area contributed by atoms with Crippen LogP contribution in [0.5, 0.6) is 0 Å². The molecule has 0 aromatic carbocycles. The highest BCUT2D eigenvalue weighted by molar-refractivity contribution is 5.68. The molecule has 150 valence electrons. The fourth-order valence-electron chi connectivity index (χ4n) is 2.74. The Morgan fingerprint density at radius 3 is 2.71 bits per heavy atom. The van der Waals surface area contributed by atoms with Gasteiger partial charge in [-0.25, -0.2) is 4.98 Å². The summed E-state index contributed by atoms with van der Waals surface area (Å²) in [6.07, 6.45) is -1.20. The summed E-state index contributed by atoms with van der Waals surface area (Å²) in [6, 6.07) is 0.413. The van der Waals surface area contributed by atoms with Crippen LogP contribution in [0, 0.1) is 10.1 Å². The molecule has 2 aromatic heterocycles. The molecule has 0 fully saturated rings. The average molecular weight is 399 g/mol. The summed E-state index contributed by atoms with van der Waals surface area (Å²) < 4.78 is 45.8. The number of aromatic nitrogens is 3. The molecule has 0 spiro atoms. The lowest BCUT2D eigenvalue weighted by atomic mass is 10.1. The van der Waals surface area contributed by atoms with Crippen molar-refractivity contribution in [2.45, 2.75) is 31.5 Å². The molecule has 9 nitrogen and oxygen atoms in total. The summed E-state index contributed by atoms with van der Waals surface area (Å²) in [5.41, 5.74) is -2.64. The molecule has 1 atom stereocenters. The van der Waals surface area contributed by atoms with Gasteiger partial charge in [0, 0.05) is 19.7 Å². The number of nitro groups is 1. The van der Waals surface area contributed by atoms with Crippen LogP contribution >= 0.6 is 0 Å². The third-order valence-electron chi connectivity index (χ3n) is 4.18. The van der Waals surface area contributed by atoms with E-state index in [1.54, 1.807) is 12.2 Å². The van der Waals surface area contributed by atoms with Crippen LogP contribution in [0.2, 0.25) is 0 Å². The van der Waals surface area contributed by atoms with Gasteiger partial charge in [-0.2, -0.15) is 13.2 Å². The molecule has 1 unspecified atom stereocenters. The quantitative estimate of drug-likeness (QED) is 0.441. The maximum absolute atomic E-state index is 13.5. The number of alkyl halides is 3. The molecule has 0 radical (unpaired) electrons. The number of rotatable bonds is 1. The van der Waals surface area contributed by atoms with Gasteiger partial charge in [-0.15, -0.1) is 10.2 Å². The Hall–Kier alpha value is -3.02. The molecule has 1 aliphatic heterocycles. The Bertz CT molecular complexity index is 912. The predicted molar refractivity (Wildman–Crippen MR) is 90.4 cm³/mol. The summed E-state index contributed by atoms with van der Waals surface area (Å²) in [5, 5.41) is 28.7. The van der Waals surface area contributed by atoms with E-state index in [1.165, 1.54) is 11.9 Å². The zero-order chi connectivity index (χ0) is 20.5. The fraction of sp³-hybridized carbons (Fsp3) is 0.438. The number of pyridine rings is 1. The standard InChI is InChI=1S/C16H16F3N5O4/c1-23-7-5-3-2-4-6-11(25)14-21-22-15(28-14)12-10(24(26)27)8-9(13(23)20-12)16(17,18)19/h2-3,8,11,25H,4-7H2,1H3. The van der Waals surface area contributed by atoms with Gasteiger partial charge in [-0.05, 0) is 19.3 Å². The first-order valence-electron chi connectivity index (χ1n) is 8.33.